The molecular formula is C14H19NO4S2. The molecule has 2 atom stereocenters. The van der Waals surface area contributed by atoms with E-state index < -0.39 is 22.0 Å². The Labute approximate surface area is 129 Å². The summed E-state index contributed by atoms with van der Waals surface area (Å²) in [5, 5.41) is 8.98. The highest BCUT2D eigenvalue weighted by atomic mass is 32.2. The van der Waals surface area contributed by atoms with Crippen LogP contribution in [0.3, 0.4) is 0 Å². The van der Waals surface area contributed by atoms with Crippen molar-refractivity contribution < 1.29 is 18.3 Å². The number of hydrogen-bond donors (Lipinski definition) is 1. The summed E-state index contributed by atoms with van der Waals surface area (Å²) >= 11 is 1.39. The molecule has 2 unspecified atom stereocenters. The van der Waals surface area contributed by atoms with Gasteiger partial charge >= 0.3 is 5.97 Å². The van der Waals surface area contributed by atoms with E-state index in [0.717, 1.165) is 5.56 Å². The molecule has 1 aromatic rings. The van der Waals surface area contributed by atoms with Crippen LogP contribution in [-0.2, 0) is 14.8 Å². The Morgan fingerprint density at radius 1 is 1.43 bits per heavy atom. The smallest absolute Gasteiger partial charge is 0.322 e. The fourth-order valence-corrected chi connectivity index (χ4v) is 6.21. The van der Waals surface area contributed by atoms with Crippen molar-refractivity contribution >= 4 is 27.8 Å². The summed E-state index contributed by atoms with van der Waals surface area (Å²) in [4.78, 5) is 11.6. The third kappa shape index (κ3) is 3.09. The Bertz CT molecular complexity index is 642. The Morgan fingerprint density at radius 2 is 2.10 bits per heavy atom. The molecule has 2 rings (SSSR count). The number of hydrogen-bond acceptors (Lipinski definition) is 4. The van der Waals surface area contributed by atoms with Gasteiger partial charge in [-0.05, 0) is 30.5 Å². The number of benzene rings is 1. The number of rotatable bonds is 4. The number of nitrogens with zero attached hydrogens (tertiary/aromatic N) is 1. The SMILES string of the molecule is Cc1cccc(S(=O)(=O)N2C(C(=O)O)CSC2C(C)C)c1. The van der Waals surface area contributed by atoms with Gasteiger partial charge in [0.15, 0.2) is 0 Å². The van der Waals surface area contributed by atoms with Gasteiger partial charge in [-0.15, -0.1) is 11.8 Å². The summed E-state index contributed by atoms with van der Waals surface area (Å²) in [7, 11) is -3.82. The van der Waals surface area contributed by atoms with Gasteiger partial charge in [0.05, 0.1) is 10.3 Å². The second kappa shape index (κ2) is 5.98. The maximum atomic E-state index is 12.9. The number of aryl methyl sites for hydroxylation is 1. The van der Waals surface area contributed by atoms with Crippen molar-refractivity contribution in [3.8, 4) is 0 Å². The van der Waals surface area contributed by atoms with Crippen LogP contribution in [0.2, 0.25) is 0 Å². The normalized spacial score (nSPS) is 23.6. The van der Waals surface area contributed by atoms with Crippen LogP contribution in [0.4, 0.5) is 0 Å². The number of sulfonamides is 1. The van der Waals surface area contributed by atoms with E-state index >= 15 is 0 Å². The van der Waals surface area contributed by atoms with Crippen LogP contribution in [0.5, 0.6) is 0 Å². The minimum Gasteiger partial charge on any atom is -0.480 e. The topological polar surface area (TPSA) is 74.7 Å². The van der Waals surface area contributed by atoms with E-state index in [-0.39, 0.29) is 21.9 Å². The van der Waals surface area contributed by atoms with E-state index in [4.69, 9.17) is 0 Å². The van der Waals surface area contributed by atoms with Gasteiger partial charge in [0.25, 0.3) is 0 Å². The molecule has 1 aromatic carbocycles. The second-order valence-corrected chi connectivity index (χ2v) is 8.47. The number of carboxylic acids is 1. The molecule has 7 heteroatoms. The van der Waals surface area contributed by atoms with E-state index in [0.29, 0.717) is 0 Å². The van der Waals surface area contributed by atoms with Crippen LogP contribution in [0, 0.1) is 12.8 Å². The average molecular weight is 329 g/mol. The fourth-order valence-electron chi connectivity index (χ4n) is 2.38. The zero-order valence-corrected chi connectivity index (χ0v) is 13.8. The van der Waals surface area contributed by atoms with Crippen molar-refractivity contribution in [1.29, 1.82) is 0 Å². The van der Waals surface area contributed by atoms with Crippen molar-refractivity contribution in [3.63, 3.8) is 0 Å². The third-order valence-electron chi connectivity index (χ3n) is 3.40. The summed E-state index contributed by atoms with van der Waals surface area (Å²) in [6, 6.07) is 5.57. The monoisotopic (exact) mass is 329 g/mol. The molecule has 1 saturated heterocycles. The molecule has 21 heavy (non-hydrogen) atoms. The van der Waals surface area contributed by atoms with Crippen LogP contribution >= 0.6 is 11.8 Å². The molecule has 0 aliphatic carbocycles. The van der Waals surface area contributed by atoms with Gasteiger partial charge in [-0.1, -0.05) is 26.0 Å². The molecule has 1 N–H and O–H groups in total. The van der Waals surface area contributed by atoms with Crippen LogP contribution < -0.4 is 0 Å². The zero-order valence-electron chi connectivity index (χ0n) is 12.2. The van der Waals surface area contributed by atoms with E-state index in [9.17, 15) is 18.3 Å². The Morgan fingerprint density at radius 3 is 2.62 bits per heavy atom. The lowest BCUT2D eigenvalue weighted by molar-refractivity contribution is -0.140. The lowest BCUT2D eigenvalue weighted by Crippen LogP contribution is -2.46. The first kappa shape index (κ1) is 16.3. The highest BCUT2D eigenvalue weighted by Gasteiger charge is 2.47. The Balaban J connectivity index is 2.50. The van der Waals surface area contributed by atoms with Gasteiger partial charge in [0, 0.05) is 5.75 Å². The van der Waals surface area contributed by atoms with E-state index in [1.165, 1.54) is 22.1 Å². The van der Waals surface area contributed by atoms with Gasteiger partial charge < -0.3 is 5.11 Å². The second-order valence-electron chi connectivity index (χ2n) is 5.47. The average Bonchev–Trinajstić information content (AvgIpc) is 2.84. The molecule has 1 fully saturated rings. The Hall–Kier alpha value is -1.05. The van der Waals surface area contributed by atoms with Crippen LogP contribution in [0.25, 0.3) is 0 Å². The van der Waals surface area contributed by atoms with Gasteiger partial charge in [-0.2, -0.15) is 4.31 Å². The van der Waals surface area contributed by atoms with E-state index in [2.05, 4.69) is 0 Å². The molecule has 1 heterocycles. The molecule has 116 valence electrons. The van der Waals surface area contributed by atoms with Crippen molar-refractivity contribution in [2.75, 3.05) is 5.75 Å². The van der Waals surface area contributed by atoms with Crippen molar-refractivity contribution in [2.24, 2.45) is 5.92 Å². The fraction of sp³-hybridized carbons (Fsp3) is 0.500. The van der Waals surface area contributed by atoms with Crippen LogP contribution in [-0.4, -0.2) is 41.0 Å². The molecule has 1 aliphatic rings. The quantitative estimate of drug-likeness (QED) is 0.916. The molecular weight excluding hydrogens is 310 g/mol. The first-order valence-corrected chi connectivity index (χ1v) is 9.18. The van der Waals surface area contributed by atoms with Crippen molar-refractivity contribution in [2.45, 2.75) is 37.1 Å². The van der Waals surface area contributed by atoms with Crippen molar-refractivity contribution in [1.82, 2.24) is 4.31 Å². The molecule has 0 bridgehead atoms. The minimum atomic E-state index is -3.82. The number of aliphatic carboxylic acids is 1. The molecule has 0 saturated carbocycles. The van der Waals surface area contributed by atoms with E-state index in [1.54, 1.807) is 12.1 Å². The standard InChI is InChI=1S/C14H19NO4S2/c1-9(2)13-15(12(8-20-13)14(16)17)21(18,19)11-6-4-5-10(3)7-11/h4-7,9,12-13H,8H2,1-3H3,(H,16,17). The lowest BCUT2D eigenvalue weighted by atomic mass is 10.2. The summed E-state index contributed by atoms with van der Waals surface area (Å²) in [6.07, 6.45) is 0. The molecule has 1 aliphatic heterocycles. The summed E-state index contributed by atoms with van der Waals surface area (Å²) in [6.45, 7) is 5.62. The number of carbonyl (C=O) groups is 1. The maximum absolute atomic E-state index is 12.9. The van der Waals surface area contributed by atoms with Crippen LogP contribution in [0.15, 0.2) is 29.2 Å². The number of thioether (sulfide) groups is 1. The third-order valence-corrected chi connectivity index (χ3v) is 7.04. The van der Waals surface area contributed by atoms with Crippen molar-refractivity contribution in [3.05, 3.63) is 29.8 Å². The van der Waals surface area contributed by atoms with E-state index in [1.807, 2.05) is 26.8 Å². The summed E-state index contributed by atoms with van der Waals surface area (Å²) < 4.78 is 26.9. The van der Waals surface area contributed by atoms with Crippen LogP contribution in [0.1, 0.15) is 19.4 Å². The first-order valence-electron chi connectivity index (χ1n) is 6.69. The highest BCUT2D eigenvalue weighted by molar-refractivity contribution is 8.01. The molecule has 0 aromatic heterocycles. The largest absolute Gasteiger partial charge is 0.480 e. The summed E-state index contributed by atoms with van der Waals surface area (Å²) in [5.74, 6) is -0.774. The number of carboxylic acid groups (broad SMARTS) is 1. The van der Waals surface area contributed by atoms with Gasteiger partial charge in [0.2, 0.25) is 10.0 Å². The minimum absolute atomic E-state index is 0.0407. The molecule has 0 radical (unpaired) electrons. The predicted molar refractivity (Wildman–Crippen MR) is 82.7 cm³/mol. The van der Waals surface area contributed by atoms with Gasteiger partial charge in [-0.3, -0.25) is 4.79 Å². The predicted octanol–water partition coefficient (Wildman–Crippen LogP) is 2.17. The summed E-state index contributed by atoms with van der Waals surface area (Å²) in [5.41, 5.74) is 0.830. The maximum Gasteiger partial charge on any atom is 0.322 e. The lowest BCUT2D eigenvalue weighted by Gasteiger charge is -2.28. The molecule has 5 nitrogen and oxygen atoms in total. The molecule has 0 spiro atoms. The van der Waals surface area contributed by atoms with Gasteiger partial charge in [0.1, 0.15) is 6.04 Å². The Kier molecular flexibility index (Phi) is 4.65. The molecule has 0 amide bonds. The zero-order chi connectivity index (χ0) is 15.8. The highest BCUT2D eigenvalue weighted by Crippen LogP contribution is 2.38. The van der Waals surface area contributed by atoms with Gasteiger partial charge in [-0.25, -0.2) is 8.42 Å². The first-order chi connectivity index (χ1) is 9.75.